The molecular weight excluding hydrogens is 377 g/mol. The van der Waals surface area contributed by atoms with Crippen LogP contribution < -0.4 is 9.62 Å². The number of anilines is 3. The predicted octanol–water partition coefficient (Wildman–Crippen LogP) is 4.60. The van der Waals surface area contributed by atoms with Gasteiger partial charge >= 0.3 is 0 Å². The SMILES string of the molecule is CCN(c1ccc(Nc2ccc(F)cc2)c(-c2cc(C)nc(C)c2)c1)[SH](=O)=O. The molecule has 2 aromatic carbocycles. The van der Waals surface area contributed by atoms with E-state index in [0.717, 1.165) is 33.9 Å². The van der Waals surface area contributed by atoms with Crippen molar-refractivity contribution in [3.63, 3.8) is 0 Å². The summed E-state index contributed by atoms with van der Waals surface area (Å²) in [7, 11) is -2.74. The van der Waals surface area contributed by atoms with Gasteiger partial charge in [-0.15, -0.1) is 0 Å². The van der Waals surface area contributed by atoms with E-state index < -0.39 is 10.9 Å². The summed E-state index contributed by atoms with van der Waals surface area (Å²) < 4.78 is 37.7. The van der Waals surface area contributed by atoms with Crippen LogP contribution in [0.3, 0.4) is 0 Å². The molecule has 0 aliphatic heterocycles. The molecule has 146 valence electrons. The third kappa shape index (κ3) is 4.48. The summed E-state index contributed by atoms with van der Waals surface area (Å²) in [5.41, 5.74) is 5.62. The highest BCUT2D eigenvalue weighted by atomic mass is 32.2. The lowest BCUT2D eigenvalue weighted by Crippen LogP contribution is -2.20. The van der Waals surface area contributed by atoms with Crippen LogP contribution in [-0.4, -0.2) is 19.9 Å². The summed E-state index contributed by atoms with van der Waals surface area (Å²) in [5.74, 6) is -0.306. The fourth-order valence-electron chi connectivity index (χ4n) is 3.11. The van der Waals surface area contributed by atoms with E-state index in [2.05, 4.69) is 10.3 Å². The second kappa shape index (κ2) is 8.39. The van der Waals surface area contributed by atoms with Crippen LogP contribution in [0.5, 0.6) is 0 Å². The molecule has 3 aromatic rings. The Labute approximate surface area is 165 Å². The number of aryl methyl sites for hydroxylation is 2. The summed E-state index contributed by atoms with van der Waals surface area (Å²) in [6.07, 6.45) is 0. The van der Waals surface area contributed by atoms with Crippen molar-refractivity contribution in [3.05, 3.63) is 71.8 Å². The first-order valence-corrected chi connectivity index (χ1v) is 10.0. The smallest absolute Gasteiger partial charge is 0.225 e. The van der Waals surface area contributed by atoms with Crippen LogP contribution in [0.4, 0.5) is 21.5 Å². The molecule has 0 atom stereocenters. The van der Waals surface area contributed by atoms with Crippen molar-refractivity contribution in [2.45, 2.75) is 20.8 Å². The van der Waals surface area contributed by atoms with Gasteiger partial charge in [-0.25, -0.2) is 12.8 Å². The normalized spacial score (nSPS) is 10.9. The molecule has 0 aliphatic carbocycles. The van der Waals surface area contributed by atoms with Crippen molar-refractivity contribution in [2.75, 3.05) is 16.2 Å². The molecule has 28 heavy (non-hydrogen) atoms. The van der Waals surface area contributed by atoms with Gasteiger partial charge in [0.2, 0.25) is 10.9 Å². The van der Waals surface area contributed by atoms with Gasteiger partial charge in [-0.2, -0.15) is 0 Å². The van der Waals surface area contributed by atoms with Crippen molar-refractivity contribution in [1.82, 2.24) is 4.98 Å². The van der Waals surface area contributed by atoms with E-state index in [9.17, 15) is 12.8 Å². The number of benzene rings is 2. The van der Waals surface area contributed by atoms with Gasteiger partial charge in [0.25, 0.3) is 0 Å². The molecule has 1 heterocycles. The molecule has 0 saturated carbocycles. The number of rotatable bonds is 6. The zero-order valence-corrected chi connectivity index (χ0v) is 16.8. The first-order chi connectivity index (χ1) is 13.4. The lowest BCUT2D eigenvalue weighted by atomic mass is 10.0. The van der Waals surface area contributed by atoms with Crippen LogP contribution in [0.2, 0.25) is 0 Å². The number of pyridine rings is 1. The molecule has 3 rings (SSSR count). The number of hydrogen-bond acceptors (Lipinski definition) is 4. The number of nitrogens with zero attached hydrogens (tertiary/aromatic N) is 2. The van der Waals surface area contributed by atoms with Gasteiger partial charge in [0.1, 0.15) is 5.82 Å². The van der Waals surface area contributed by atoms with Gasteiger partial charge in [0.05, 0.1) is 5.69 Å². The Balaban J connectivity index is 2.13. The second-order valence-corrected chi connectivity index (χ2v) is 7.41. The van der Waals surface area contributed by atoms with Crippen molar-refractivity contribution in [1.29, 1.82) is 0 Å². The average molecular weight is 399 g/mol. The van der Waals surface area contributed by atoms with Crippen molar-refractivity contribution >= 4 is 28.0 Å². The fourth-order valence-corrected chi connectivity index (χ4v) is 3.66. The highest BCUT2D eigenvalue weighted by molar-refractivity contribution is 7.74. The van der Waals surface area contributed by atoms with Gasteiger partial charge in [-0.1, -0.05) is 0 Å². The van der Waals surface area contributed by atoms with Crippen LogP contribution in [-0.2, 0) is 10.9 Å². The number of halogens is 1. The van der Waals surface area contributed by atoms with E-state index in [1.165, 1.54) is 16.4 Å². The lowest BCUT2D eigenvalue weighted by Gasteiger charge is -2.19. The van der Waals surface area contributed by atoms with Crippen molar-refractivity contribution < 1.29 is 12.8 Å². The maximum Gasteiger partial charge on any atom is 0.225 e. The molecule has 0 fully saturated rings. The molecule has 7 heteroatoms. The second-order valence-electron chi connectivity index (χ2n) is 6.45. The topological polar surface area (TPSA) is 62.3 Å². The molecule has 0 unspecified atom stereocenters. The summed E-state index contributed by atoms with van der Waals surface area (Å²) in [6, 6.07) is 15.4. The molecule has 0 radical (unpaired) electrons. The minimum absolute atomic E-state index is 0.306. The molecular formula is C21H22FN3O2S. The Kier molecular flexibility index (Phi) is 5.94. The van der Waals surface area contributed by atoms with Crippen LogP contribution in [0.25, 0.3) is 11.1 Å². The molecule has 1 aromatic heterocycles. The van der Waals surface area contributed by atoms with Crippen molar-refractivity contribution in [3.8, 4) is 11.1 Å². The standard InChI is InChI=1S/C21H22FN3O2S/c1-4-25(28(26)27)19-9-10-21(24-18-7-5-17(22)6-8-18)20(13-19)16-11-14(2)23-15(3)12-16/h5-13,24,28H,4H2,1-3H3. The van der Waals surface area contributed by atoms with Crippen LogP contribution in [0.15, 0.2) is 54.6 Å². The average Bonchev–Trinajstić information content (AvgIpc) is 2.64. The molecule has 5 nitrogen and oxygen atoms in total. The largest absolute Gasteiger partial charge is 0.355 e. The first kappa shape index (κ1) is 19.8. The third-order valence-corrected chi connectivity index (χ3v) is 5.22. The van der Waals surface area contributed by atoms with Gasteiger partial charge in [-0.3, -0.25) is 9.29 Å². The summed E-state index contributed by atoms with van der Waals surface area (Å²) in [4.78, 5) is 4.42. The Morgan fingerprint density at radius 3 is 2.21 bits per heavy atom. The van der Waals surface area contributed by atoms with Crippen molar-refractivity contribution in [2.24, 2.45) is 0 Å². The van der Waals surface area contributed by atoms with E-state index in [1.54, 1.807) is 25.1 Å². The minimum Gasteiger partial charge on any atom is -0.355 e. The zero-order valence-electron chi connectivity index (χ0n) is 15.9. The van der Waals surface area contributed by atoms with Crippen LogP contribution >= 0.6 is 0 Å². The molecule has 0 saturated heterocycles. The first-order valence-electron chi connectivity index (χ1n) is 8.91. The molecule has 0 spiro atoms. The predicted molar refractivity (Wildman–Crippen MR) is 112 cm³/mol. The van der Waals surface area contributed by atoms with Gasteiger partial charge in [0, 0.05) is 34.9 Å². The summed E-state index contributed by atoms with van der Waals surface area (Å²) in [6.45, 7) is 5.97. The quantitative estimate of drug-likeness (QED) is 0.595. The number of nitrogens with one attached hydrogen (secondary N) is 1. The van der Waals surface area contributed by atoms with Gasteiger partial charge in [-0.05, 0) is 80.9 Å². The Hall–Kier alpha value is -2.93. The highest BCUT2D eigenvalue weighted by Crippen LogP contribution is 2.34. The van der Waals surface area contributed by atoms with E-state index in [-0.39, 0.29) is 5.82 Å². The lowest BCUT2D eigenvalue weighted by molar-refractivity contribution is 0.611. The third-order valence-electron chi connectivity index (χ3n) is 4.31. The number of hydrogen-bond donors (Lipinski definition) is 2. The Morgan fingerprint density at radius 2 is 1.64 bits per heavy atom. The van der Waals surface area contributed by atoms with E-state index in [0.29, 0.717) is 12.2 Å². The molecule has 0 aliphatic rings. The molecule has 1 N–H and O–H groups in total. The Bertz CT molecular complexity index is 1040. The monoisotopic (exact) mass is 399 g/mol. The maximum atomic E-state index is 13.2. The van der Waals surface area contributed by atoms with E-state index >= 15 is 0 Å². The minimum atomic E-state index is -2.74. The highest BCUT2D eigenvalue weighted by Gasteiger charge is 2.13. The van der Waals surface area contributed by atoms with E-state index in [1.807, 2.05) is 38.1 Å². The van der Waals surface area contributed by atoms with Gasteiger partial charge < -0.3 is 5.32 Å². The van der Waals surface area contributed by atoms with Crippen LogP contribution in [0, 0.1) is 19.7 Å². The summed E-state index contributed by atoms with van der Waals surface area (Å²) in [5, 5.41) is 3.29. The fraction of sp³-hybridized carbons (Fsp3) is 0.190. The zero-order chi connectivity index (χ0) is 20.3. The summed E-state index contributed by atoms with van der Waals surface area (Å²) >= 11 is 0. The van der Waals surface area contributed by atoms with Gasteiger partial charge in [0.15, 0.2) is 0 Å². The van der Waals surface area contributed by atoms with Crippen LogP contribution in [0.1, 0.15) is 18.3 Å². The molecule has 0 bridgehead atoms. The Morgan fingerprint density at radius 1 is 1.00 bits per heavy atom. The number of aromatic nitrogens is 1. The molecule has 0 amide bonds. The number of thiol groups is 1. The van der Waals surface area contributed by atoms with E-state index in [4.69, 9.17) is 0 Å². The maximum absolute atomic E-state index is 13.2.